The third-order valence-electron chi connectivity index (χ3n) is 5.64. The number of nitrogens with one attached hydrogen (secondary N) is 1. The van der Waals surface area contributed by atoms with Crippen LogP contribution in [0.1, 0.15) is 29.6 Å². The van der Waals surface area contributed by atoms with Crippen molar-refractivity contribution in [3.05, 3.63) is 34.2 Å². The summed E-state index contributed by atoms with van der Waals surface area (Å²) in [6.45, 7) is 3.19. The van der Waals surface area contributed by atoms with Gasteiger partial charge >= 0.3 is 0 Å². The Morgan fingerprint density at radius 1 is 1.11 bits per heavy atom. The van der Waals surface area contributed by atoms with Gasteiger partial charge < -0.3 is 24.8 Å². The van der Waals surface area contributed by atoms with Gasteiger partial charge in [-0.05, 0) is 32.4 Å². The number of hydrogen-bond acceptors (Lipinski definition) is 5. The van der Waals surface area contributed by atoms with Crippen LogP contribution in [0.4, 0.5) is 0 Å². The topological polar surface area (TPSA) is 94.9 Å². The minimum atomic E-state index is -0.668. The van der Waals surface area contributed by atoms with Crippen LogP contribution in [0.2, 0.25) is 0 Å². The first kappa shape index (κ1) is 19.6. The maximum absolute atomic E-state index is 12.8. The molecular formula is C19H28N4O4. The van der Waals surface area contributed by atoms with Crippen molar-refractivity contribution in [1.29, 1.82) is 0 Å². The first-order valence-electron chi connectivity index (χ1n) is 9.48. The smallest absolute Gasteiger partial charge is 0.253 e. The largest absolute Gasteiger partial charge is 0.391 e. The molecule has 27 heavy (non-hydrogen) atoms. The third kappa shape index (κ3) is 4.56. The van der Waals surface area contributed by atoms with Crippen molar-refractivity contribution in [2.24, 2.45) is 13.0 Å². The number of hydrogen-bond donors (Lipinski definition) is 2. The van der Waals surface area contributed by atoms with E-state index in [1.165, 1.54) is 22.9 Å². The van der Waals surface area contributed by atoms with Crippen molar-refractivity contribution in [1.82, 2.24) is 19.7 Å². The lowest BCUT2D eigenvalue weighted by molar-refractivity contribution is -0.139. The van der Waals surface area contributed by atoms with E-state index < -0.39 is 12.1 Å². The summed E-state index contributed by atoms with van der Waals surface area (Å²) in [5.74, 6) is -0.402. The number of carbonyl (C=O) groups excluding carboxylic acids is 2. The molecule has 8 nitrogen and oxygen atoms in total. The van der Waals surface area contributed by atoms with Crippen molar-refractivity contribution in [2.45, 2.75) is 31.4 Å². The van der Waals surface area contributed by atoms with E-state index in [1.807, 2.05) is 11.9 Å². The van der Waals surface area contributed by atoms with Crippen LogP contribution in [0.25, 0.3) is 0 Å². The molecule has 2 fully saturated rings. The SMILES string of the molecule is CN1CCN(C(=O)[C@H]2CC[C@@H](O)[C@H](NC(=O)c3ccc(=O)n(C)c3)C2)CC1. The summed E-state index contributed by atoms with van der Waals surface area (Å²) in [4.78, 5) is 40.9. The maximum Gasteiger partial charge on any atom is 0.253 e. The Hall–Kier alpha value is -2.19. The minimum absolute atomic E-state index is 0.122. The van der Waals surface area contributed by atoms with E-state index in [2.05, 4.69) is 10.2 Å². The molecule has 2 N–H and O–H groups in total. The fourth-order valence-corrected chi connectivity index (χ4v) is 3.80. The molecule has 1 aliphatic carbocycles. The molecule has 1 aliphatic heterocycles. The van der Waals surface area contributed by atoms with Crippen LogP contribution < -0.4 is 10.9 Å². The number of aliphatic hydroxyl groups excluding tert-OH is 1. The van der Waals surface area contributed by atoms with Crippen LogP contribution in [0, 0.1) is 5.92 Å². The molecular weight excluding hydrogens is 348 g/mol. The van der Waals surface area contributed by atoms with Gasteiger partial charge in [0, 0.05) is 51.4 Å². The molecule has 148 valence electrons. The number of carbonyl (C=O) groups is 2. The Bertz CT molecular complexity index is 754. The van der Waals surface area contributed by atoms with Gasteiger partial charge in [0.25, 0.3) is 5.91 Å². The van der Waals surface area contributed by atoms with Gasteiger partial charge in [0.2, 0.25) is 11.5 Å². The number of nitrogens with zero attached hydrogens (tertiary/aromatic N) is 3. The summed E-state index contributed by atoms with van der Waals surface area (Å²) in [6, 6.07) is 2.34. The molecule has 1 aromatic rings. The monoisotopic (exact) mass is 376 g/mol. The van der Waals surface area contributed by atoms with Gasteiger partial charge in [-0.1, -0.05) is 0 Å². The average Bonchev–Trinajstić information content (AvgIpc) is 2.65. The second-order valence-electron chi connectivity index (χ2n) is 7.65. The molecule has 1 aromatic heterocycles. The molecule has 2 amide bonds. The Kier molecular flexibility index (Phi) is 5.96. The van der Waals surface area contributed by atoms with E-state index in [4.69, 9.17) is 0 Å². The molecule has 1 saturated heterocycles. The van der Waals surface area contributed by atoms with Crippen molar-refractivity contribution in [3.8, 4) is 0 Å². The van der Waals surface area contributed by atoms with Crippen LogP contribution >= 0.6 is 0 Å². The van der Waals surface area contributed by atoms with Gasteiger partial charge in [-0.25, -0.2) is 0 Å². The predicted molar refractivity (Wildman–Crippen MR) is 100 cm³/mol. The fraction of sp³-hybridized carbons (Fsp3) is 0.632. The van der Waals surface area contributed by atoms with E-state index >= 15 is 0 Å². The van der Waals surface area contributed by atoms with Gasteiger partial charge in [0.15, 0.2) is 0 Å². The first-order valence-corrected chi connectivity index (χ1v) is 9.48. The normalized spacial score (nSPS) is 26.6. The molecule has 1 saturated carbocycles. The van der Waals surface area contributed by atoms with E-state index in [0.29, 0.717) is 24.8 Å². The highest BCUT2D eigenvalue weighted by atomic mass is 16.3. The zero-order valence-electron chi connectivity index (χ0n) is 15.9. The first-order chi connectivity index (χ1) is 12.8. The van der Waals surface area contributed by atoms with Gasteiger partial charge in [-0.2, -0.15) is 0 Å². The van der Waals surface area contributed by atoms with E-state index in [0.717, 1.165) is 26.2 Å². The highest BCUT2D eigenvalue weighted by Gasteiger charge is 2.36. The Morgan fingerprint density at radius 3 is 2.48 bits per heavy atom. The Labute approximate surface area is 158 Å². The van der Waals surface area contributed by atoms with Crippen LogP contribution in [0.3, 0.4) is 0 Å². The maximum atomic E-state index is 12.8. The molecule has 3 atom stereocenters. The van der Waals surface area contributed by atoms with E-state index in [9.17, 15) is 19.5 Å². The summed E-state index contributed by atoms with van der Waals surface area (Å²) in [5.41, 5.74) is 0.166. The average molecular weight is 376 g/mol. The number of rotatable bonds is 3. The number of aryl methyl sites for hydroxylation is 1. The summed E-state index contributed by atoms with van der Waals surface area (Å²) in [5, 5.41) is 13.1. The van der Waals surface area contributed by atoms with Crippen LogP contribution in [0.5, 0.6) is 0 Å². The molecule has 0 unspecified atom stereocenters. The second-order valence-corrected chi connectivity index (χ2v) is 7.65. The predicted octanol–water partition coefficient (Wildman–Crippen LogP) is -0.581. The lowest BCUT2D eigenvalue weighted by Crippen LogP contribution is -2.53. The highest BCUT2D eigenvalue weighted by Crippen LogP contribution is 2.27. The molecule has 2 aliphatic rings. The van der Waals surface area contributed by atoms with Gasteiger partial charge in [-0.3, -0.25) is 14.4 Å². The lowest BCUT2D eigenvalue weighted by Gasteiger charge is -2.38. The van der Waals surface area contributed by atoms with Crippen LogP contribution in [-0.4, -0.2) is 76.7 Å². The Balaban J connectivity index is 1.62. The zero-order chi connectivity index (χ0) is 19.6. The summed E-state index contributed by atoms with van der Waals surface area (Å²) in [7, 11) is 3.63. The third-order valence-corrected chi connectivity index (χ3v) is 5.64. The van der Waals surface area contributed by atoms with Crippen molar-refractivity contribution in [2.75, 3.05) is 33.2 Å². The number of piperazine rings is 1. The van der Waals surface area contributed by atoms with Crippen molar-refractivity contribution < 1.29 is 14.7 Å². The number of likely N-dealkylation sites (N-methyl/N-ethyl adjacent to an activating group) is 1. The number of amides is 2. The Morgan fingerprint density at radius 2 is 1.81 bits per heavy atom. The summed E-state index contributed by atoms with van der Waals surface area (Å²) < 4.78 is 1.34. The van der Waals surface area contributed by atoms with Crippen molar-refractivity contribution in [3.63, 3.8) is 0 Å². The number of pyridine rings is 1. The van der Waals surface area contributed by atoms with Crippen molar-refractivity contribution >= 4 is 11.8 Å². The van der Waals surface area contributed by atoms with E-state index in [-0.39, 0.29) is 23.3 Å². The molecule has 2 heterocycles. The summed E-state index contributed by atoms with van der Waals surface area (Å²) >= 11 is 0. The number of aromatic nitrogens is 1. The molecule has 0 radical (unpaired) electrons. The summed E-state index contributed by atoms with van der Waals surface area (Å²) in [6.07, 6.45) is 2.36. The molecule has 3 rings (SSSR count). The fourth-order valence-electron chi connectivity index (χ4n) is 3.80. The molecule has 0 aromatic carbocycles. The quantitative estimate of drug-likeness (QED) is 0.736. The molecule has 0 spiro atoms. The van der Waals surface area contributed by atoms with E-state index in [1.54, 1.807) is 7.05 Å². The lowest BCUT2D eigenvalue weighted by atomic mass is 9.82. The van der Waals surface area contributed by atoms with Crippen LogP contribution in [0.15, 0.2) is 23.1 Å². The standard InChI is InChI=1S/C19H28N4O4/c1-21-7-9-23(10-8-21)19(27)13-3-5-16(24)15(11-13)20-18(26)14-4-6-17(25)22(2)12-14/h4,6,12-13,15-16,24H,3,5,7-11H2,1-2H3,(H,20,26)/t13-,15+,16+/m0/s1. The van der Waals surface area contributed by atoms with Gasteiger partial charge in [0.05, 0.1) is 17.7 Å². The molecule has 8 heteroatoms. The van der Waals surface area contributed by atoms with Gasteiger partial charge in [-0.15, -0.1) is 0 Å². The van der Waals surface area contributed by atoms with Crippen LogP contribution in [-0.2, 0) is 11.8 Å². The molecule has 0 bridgehead atoms. The minimum Gasteiger partial charge on any atom is -0.391 e. The highest BCUT2D eigenvalue weighted by molar-refractivity contribution is 5.94. The number of aliphatic hydroxyl groups is 1. The zero-order valence-corrected chi connectivity index (χ0v) is 15.9. The second kappa shape index (κ2) is 8.22. The van der Waals surface area contributed by atoms with Gasteiger partial charge in [0.1, 0.15) is 0 Å².